The molecule has 1 unspecified atom stereocenters. The van der Waals surface area contributed by atoms with E-state index in [0.29, 0.717) is 42.9 Å². The van der Waals surface area contributed by atoms with Crippen LogP contribution in [-0.2, 0) is 12.0 Å². The van der Waals surface area contributed by atoms with Gasteiger partial charge in [-0.2, -0.15) is 4.98 Å². The van der Waals surface area contributed by atoms with Crippen molar-refractivity contribution in [3.8, 4) is 0 Å². The minimum Gasteiger partial charge on any atom is -0.463 e. The zero-order valence-electron chi connectivity index (χ0n) is 16.2. The first kappa shape index (κ1) is 20.0. The van der Waals surface area contributed by atoms with Crippen LogP contribution in [0.15, 0.2) is 26.1 Å². The quantitative estimate of drug-likeness (QED) is 0.487. The third kappa shape index (κ3) is 5.59. The average Bonchev–Trinajstić information content (AvgIpc) is 3.22. The van der Waals surface area contributed by atoms with Crippen LogP contribution in [0.4, 0.5) is 0 Å². The van der Waals surface area contributed by atoms with E-state index in [-0.39, 0.29) is 12.5 Å². The normalized spacial score (nSPS) is 14.5. The van der Waals surface area contributed by atoms with Crippen LogP contribution in [0.1, 0.15) is 56.8 Å². The van der Waals surface area contributed by atoms with Gasteiger partial charge >= 0.3 is 0 Å². The number of aliphatic imine (C=N–C) groups is 1. The van der Waals surface area contributed by atoms with Crippen LogP contribution >= 0.6 is 0 Å². The number of nitrogens with one attached hydrogen (secondary N) is 2. The summed E-state index contributed by atoms with van der Waals surface area (Å²) in [5.41, 5.74) is -1.17. The van der Waals surface area contributed by atoms with E-state index in [2.05, 4.69) is 25.8 Å². The number of aliphatic hydroxyl groups is 1. The van der Waals surface area contributed by atoms with Crippen LogP contribution in [0.5, 0.6) is 0 Å². The van der Waals surface area contributed by atoms with Crippen LogP contribution in [0, 0.1) is 6.92 Å². The zero-order valence-corrected chi connectivity index (χ0v) is 16.2. The maximum absolute atomic E-state index is 10.6. The van der Waals surface area contributed by atoms with E-state index in [9.17, 15) is 5.11 Å². The van der Waals surface area contributed by atoms with Gasteiger partial charge in [-0.25, -0.2) is 4.99 Å². The molecule has 0 fully saturated rings. The molecule has 0 aliphatic rings. The molecule has 1 atom stereocenters. The van der Waals surface area contributed by atoms with Crippen LogP contribution in [0.3, 0.4) is 0 Å². The molecule has 0 saturated heterocycles. The summed E-state index contributed by atoms with van der Waals surface area (Å²) in [6.45, 7) is 11.0. The molecule has 0 saturated carbocycles. The van der Waals surface area contributed by atoms with Gasteiger partial charge in [0.15, 0.2) is 11.8 Å². The summed E-state index contributed by atoms with van der Waals surface area (Å²) in [6.07, 6.45) is 0.595. The highest BCUT2D eigenvalue weighted by Gasteiger charge is 2.26. The fourth-order valence-electron chi connectivity index (χ4n) is 2.27. The van der Waals surface area contributed by atoms with Crippen LogP contribution in [-0.4, -0.2) is 40.8 Å². The second-order valence-corrected chi connectivity index (χ2v) is 6.76. The summed E-state index contributed by atoms with van der Waals surface area (Å²) in [5.74, 6) is 3.42. The van der Waals surface area contributed by atoms with Gasteiger partial charge < -0.3 is 24.7 Å². The molecular formula is C18H29N5O3. The highest BCUT2D eigenvalue weighted by Crippen LogP contribution is 2.23. The van der Waals surface area contributed by atoms with Crippen molar-refractivity contribution in [3.63, 3.8) is 0 Å². The molecule has 0 radical (unpaired) electrons. The van der Waals surface area contributed by atoms with Crippen molar-refractivity contribution in [2.24, 2.45) is 4.99 Å². The Balaban J connectivity index is 1.91. The zero-order chi connectivity index (χ0) is 19.2. The number of rotatable bonds is 8. The van der Waals surface area contributed by atoms with E-state index in [0.717, 1.165) is 5.76 Å². The van der Waals surface area contributed by atoms with E-state index in [4.69, 9.17) is 8.94 Å². The lowest BCUT2D eigenvalue weighted by molar-refractivity contribution is 0.0428. The molecule has 0 amide bonds. The van der Waals surface area contributed by atoms with Gasteiger partial charge in [0.1, 0.15) is 17.1 Å². The van der Waals surface area contributed by atoms with Crippen molar-refractivity contribution in [2.75, 3.05) is 19.6 Å². The van der Waals surface area contributed by atoms with E-state index < -0.39 is 5.60 Å². The molecule has 2 aromatic rings. The third-order valence-electron chi connectivity index (χ3n) is 3.79. The molecule has 0 spiro atoms. The van der Waals surface area contributed by atoms with E-state index >= 15 is 0 Å². The highest BCUT2D eigenvalue weighted by atomic mass is 16.5. The molecule has 0 bridgehead atoms. The lowest BCUT2D eigenvalue weighted by Gasteiger charge is -2.19. The molecule has 2 rings (SSSR count). The number of hydrogen-bond acceptors (Lipinski definition) is 6. The standard InChI is InChI=1S/C18H29N5O3/c1-6-19-17(20-10-9-15-22-16(12(2)3)23-26-15)21-11-18(5,24)14-8-7-13(4)25-14/h7-8,12,24H,6,9-11H2,1-5H3,(H2,19,20,21). The summed E-state index contributed by atoms with van der Waals surface area (Å²) in [4.78, 5) is 8.80. The average molecular weight is 363 g/mol. The first-order valence-electron chi connectivity index (χ1n) is 8.95. The predicted molar refractivity (Wildman–Crippen MR) is 99.1 cm³/mol. The molecule has 0 aliphatic carbocycles. The van der Waals surface area contributed by atoms with Crippen molar-refractivity contribution in [1.82, 2.24) is 20.8 Å². The topological polar surface area (TPSA) is 109 Å². The monoisotopic (exact) mass is 363 g/mol. The van der Waals surface area contributed by atoms with Crippen molar-refractivity contribution in [1.29, 1.82) is 0 Å². The summed E-state index contributed by atoms with van der Waals surface area (Å²) in [7, 11) is 0. The number of furan rings is 1. The summed E-state index contributed by atoms with van der Waals surface area (Å²) >= 11 is 0. The summed E-state index contributed by atoms with van der Waals surface area (Å²) < 4.78 is 10.7. The predicted octanol–water partition coefficient (Wildman–Crippen LogP) is 2.10. The Morgan fingerprint density at radius 1 is 1.35 bits per heavy atom. The molecule has 26 heavy (non-hydrogen) atoms. The molecule has 8 nitrogen and oxygen atoms in total. The molecule has 0 aliphatic heterocycles. The number of aryl methyl sites for hydroxylation is 1. The fourth-order valence-corrected chi connectivity index (χ4v) is 2.27. The van der Waals surface area contributed by atoms with Crippen LogP contribution < -0.4 is 10.6 Å². The van der Waals surface area contributed by atoms with E-state index in [1.807, 2.05) is 33.8 Å². The SMILES string of the molecule is CCNC(=NCC(C)(O)c1ccc(C)o1)NCCc1nc(C(C)C)no1. The fraction of sp³-hybridized carbons (Fsp3) is 0.611. The lowest BCUT2D eigenvalue weighted by Crippen LogP contribution is -2.39. The van der Waals surface area contributed by atoms with E-state index in [1.54, 1.807) is 13.0 Å². The maximum Gasteiger partial charge on any atom is 0.228 e. The lowest BCUT2D eigenvalue weighted by atomic mass is 10.0. The molecule has 3 N–H and O–H groups in total. The van der Waals surface area contributed by atoms with Gasteiger partial charge in [-0.1, -0.05) is 19.0 Å². The summed E-state index contributed by atoms with van der Waals surface area (Å²) in [6, 6.07) is 3.60. The number of guanidine groups is 1. The van der Waals surface area contributed by atoms with Crippen LogP contribution in [0.25, 0.3) is 0 Å². The maximum atomic E-state index is 10.6. The Bertz CT molecular complexity index is 718. The van der Waals surface area contributed by atoms with Crippen molar-refractivity contribution < 1.29 is 14.0 Å². The minimum absolute atomic E-state index is 0.174. The van der Waals surface area contributed by atoms with Crippen molar-refractivity contribution in [2.45, 2.75) is 52.6 Å². The van der Waals surface area contributed by atoms with E-state index in [1.165, 1.54) is 0 Å². The Labute approximate surface area is 154 Å². The van der Waals surface area contributed by atoms with Crippen molar-refractivity contribution >= 4 is 5.96 Å². The van der Waals surface area contributed by atoms with Crippen molar-refractivity contribution in [3.05, 3.63) is 35.4 Å². The Morgan fingerprint density at radius 2 is 2.12 bits per heavy atom. The summed E-state index contributed by atoms with van der Waals surface area (Å²) in [5, 5.41) is 20.9. The number of hydrogen-bond donors (Lipinski definition) is 3. The first-order chi connectivity index (χ1) is 12.3. The third-order valence-corrected chi connectivity index (χ3v) is 3.79. The van der Waals surface area contributed by atoms with Gasteiger partial charge in [0.05, 0.1) is 6.54 Å². The molecule has 0 aromatic carbocycles. The molecule has 2 aromatic heterocycles. The second-order valence-electron chi connectivity index (χ2n) is 6.76. The van der Waals surface area contributed by atoms with Gasteiger partial charge in [-0.15, -0.1) is 0 Å². The number of nitrogens with zero attached hydrogens (tertiary/aromatic N) is 3. The van der Waals surface area contributed by atoms with Gasteiger partial charge in [0, 0.05) is 25.4 Å². The second kappa shape index (κ2) is 8.84. The largest absolute Gasteiger partial charge is 0.463 e. The Hall–Kier alpha value is -2.35. The van der Waals surface area contributed by atoms with Crippen LogP contribution in [0.2, 0.25) is 0 Å². The molecule has 144 valence electrons. The van der Waals surface area contributed by atoms with Gasteiger partial charge in [-0.3, -0.25) is 0 Å². The van der Waals surface area contributed by atoms with Gasteiger partial charge in [0.2, 0.25) is 5.89 Å². The minimum atomic E-state index is -1.17. The van der Waals surface area contributed by atoms with Gasteiger partial charge in [-0.05, 0) is 32.9 Å². The first-order valence-corrected chi connectivity index (χ1v) is 8.95. The number of aromatic nitrogens is 2. The smallest absolute Gasteiger partial charge is 0.228 e. The highest BCUT2D eigenvalue weighted by molar-refractivity contribution is 5.79. The Morgan fingerprint density at radius 3 is 2.69 bits per heavy atom. The molecule has 8 heteroatoms. The Kier molecular flexibility index (Phi) is 6.79. The molecule has 2 heterocycles. The van der Waals surface area contributed by atoms with Gasteiger partial charge in [0.25, 0.3) is 0 Å². The molecular weight excluding hydrogens is 334 g/mol.